The van der Waals surface area contributed by atoms with Crippen molar-refractivity contribution in [3.63, 3.8) is 0 Å². The first-order chi connectivity index (χ1) is 7.22. The fraction of sp³-hybridized carbons (Fsp3) is 0.900. The third-order valence-electron chi connectivity index (χ3n) is 1.96. The van der Waals surface area contributed by atoms with Crippen molar-refractivity contribution in [2.45, 2.75) is 6.92 Å². The van der Waals surface area contributed by atoms with Gasteiger partial charge in [-0.1, -0.05) is 0 Å². The number of ether oxygens (including phenoxy) is 2. The van der Waals surface area contributed by atoms with Crippen molar-refractivity contribution in [3.8, 4) is 0 Å². The number of carbonyl (C=O) groups is 1. The summed E-state index contributed by atoms with van der Waals surface area (Å²) in [6.07, 6.45) is 0. The predicted molar refractivity (Wildman–Crippen MR) is 58.9 cm³/mol. The molecule has 0 aliphatic heterocycles. The molecule has 90 valence electrons. The number of methoxy groups -OCH3 is 1. The largest absolute Gasteiger partial charge is 0.383 e. The lowest BCUT2D eigenvalue weighted by atomic mass is 10.4. The van der Waals surface area contributed by atoms with Gasteiger partial charge in [0.2, 0.25) is 5.91 Å². The van der Waals surface area contributed by atoms with Crippen molar-refractivity contribution in [1.29, 1.82) is 0 Å². The number of carbonyl (C=O) groups excluding carboxylic acids is 1. The molecule has 0 aromatic heterocycles. The first kappa shape index (κ1) is 14.3. The van der Waals surface area contributed by atoms with Gasteiger partial charge in [-0.2, -0.15) is 0 Å². The van der Waals surface area contributed by atoms with Crippen LogP contribution in [0.5, 0.6) is 0 Å². The first-order valence-corrected chi connectivity index (χ1v) is 5.23. The Kier molecular flexibility index (Phi) is 9.46. The molecule has 5 nitrogen and oxygen atoms in total. The van der Waals surface area contributed by atoms with Gasteiger partial charge in [0.1, 0.15) is 0 Å². The highest BCUT2D eigenvalue weighted by molar-refractivity contribution is 5.77. The van der Waals surface area contributed by atoms with Gasteiger partial charge in [0.15, 0.2) is 0 Å². The Morgan fingerprint density at radius 3 is 2.73 bits per heavy atom. The minimum absolute atomic E-state index is 0.0748. The van der Waals surface area contributed by atoms with Gasteiger partial charge in [-0.05, 0) is 6.92 Å². The van der Waals surface area contributed by atoms with Crippen molar-refractivity contribution < 1.29 is 14.3 Å². The summed E-state index contributed by atoms with van der Waals surface area (Å²) in [5, 5.41) is 3.00. The van der Waals surface area contributed by atoms with Crippen LogP contribution in [0, 0.1) is 0 Å². The predicted octanol–water partition coefficient (Wildman–Crippen LogP) is -0.283. The fourth-order valence-corrected chi connectivity index (χ4v) is 0.975. The van der Waals surface area contributed by atoms with E-state index >= 15 is 0 Å². The van der Waals surface area contributed by atoms with Gasteiger partial charge in [-0.15, -0.1) is 0 Å². The van der Waals surface area contributed by atoms with Crippen LogP contribution in [0.15, 0.2) is 0 Å². The zero-order chi connectivity index (χ0) is 11.5. The van der Waals surface area contributed by atoms with Crippen LogP contribution >= 0.6 is 0 Å². The summed E-state index contributed by atoms with van der Waals surface area (Å²) in [5.74, 6) is 0.0748. The van der Waals surface area contributed by atoms with E-state index in [0.717, 1.165) is 0 Å². The molecular weight excluding hydrogens is 196 g/mol. The summed E-state index contributed by atoms with van der Waals surface area (Å²) in [5.41, 5.74) is 0. The zero-order valence-corrected chi connectivity index (χ0v) is 9.91. The molecule has 15 heavy (non-hydrogen) atoms. The van der Waals surface area contributed by atoms with Crippen molar-refractivity contribution in [2.24, 2.45) is 0 Å². The Balaban J connectivity index is 3.42. The summed E-state index contributed by atoms with van der Waals surface area (Å²) in [6.45, 7) is 5.53. The Hall–Kier alpha value is -0.650. The molecule has 0 aliphatic carbocycles. The van der Waals surface area contributed by atoms with Gasteiger partial charge in [0.05, 0.1) is 19.8 Å². The lowest BCUT2D eigenvalue weighted by molar-refractivity contribution is -0.129. The van der Waals surface area contributed by atoms with Gasteiger partial charge in [-0.3, -0.25) is 4.79 Å². The Labute approximate surface area is 91.7 Å². The number of hydrogen-bond acceptors (Lipinski definition) is 4. The van der Waals surface area contributed by atoms with Crippen LogP contribution in [0.4, 0.5) is 0 Å². The van der Waals surface area contributed by atoms with Gasteiger partial charge in [-0.25, -0.2) is 0 Å². The molecule has 0 aromatic carbocycles. The number of likely N-dealkylation sites (N-methyl/N-ethyl adjacent to an activating group) is 1. The Bertz CT molecular complexity index is 165. The molecule has 1 amide bonds. The van der Waals surface area contributed by atoms with Crippen LogP contribution in [0.2, 0.25) is 0 Å². The molecule has 1 N–H and O–H groups in total. The molecule has 0 saturated carbocycles. The highest BCUT2D eigenvalue weighted by Crippen LogP contribution is 1.84. The van der Waals surface area contributed by atoms with Gasteiger partial charge in [0.25, 0.3) is 0 Å². The van der Waals surface area contributed by atoms with Gasteiger partial charge in [0, 0.05) is 33.9 Å². The standard InChI is InChI=1S/C10H22N2O3/c1-4-15-8-6-12(2)10(13)9-11-5-7-14-3/h11H,4-9H2,1-3H3. The second kappa shape index (κ2) is 9.89. The van der Waals surface area contributed by atoms with Crippen molar-refractivity contribution >= 4 is 5.91 Å². The van der Waals surface area contributed by atoms with E-state index in [9.17, 15) is 4.79 Å². The number of hydrogen-bond donors (Lipinski definition) is 1. The average molecular weight is 218 g/mol. The van der Waals surface area contributed by atoms with Crippen LogP contribution in [0.3, 0.4) is 0 Å². The maximum atomic E-state index is 11.5. The summed E-state index contributed by atoms with van der Waals surface area (Å²) in [6, 6.07) is 0. The Morgan fingerprint density at radius 2 is 2.13 bits per heavy atom. The summed E-state index contributed by atoms with van der Waals surface area (Å²) in [4.78, 5) is 13.1. The van der Waals surface area contributed by atoms with E-state index in [0.29, 0.717) is 39.5 Å². The third kappa shape index (κ3) is 8.35. The van der Waals surface area contributed by atoms with E-state index in [1.807, 2.05) is 6.92 Å². The second-order valence-corrected chi connectivity index (χ2v) is 3.18. The van der Waals surface area contributed by atoms with E-state index in [4.69, 9.17) is 9.47 Å². The summed E-state index contributed by atoms with van der Waals surface area (Å²) >= 11 is 0. The molecule has 0 bridgehead atoms. The molecule has 0 unspecified atom stereocenters. The monoisotopic (exact) mass is 218 g/mol. The van der Waals surface area contributed by atoms with Crippen molar-refractivity contribution in [2.75, 3.05) is 53.6 Å². The maximum absolute atomic E-state index is 11.5. The summed E-state index contributed by atoms with van der Waals surface area (Å²) in [7, 11) is 3.41. The van der Waals surface area contributed by atoms with E-state index in [-0.39, 0.29) is 5.91 Å². The highest BCUT2D eigenvalue weighted by Gasteiger charge is 2.06. The molecule has 0 saturated heterocycles. The number of rotatable bonds is 9. The van der Waals surface area contributed by atoms with Gasteiger partial charge < -0.3 is 19.7 Å². The lowest BCUT2D eigenvalue weighted by Crippen LogP contribution is -2.38. The van der Waals surface area contributed by atoms with Crippen molar-refractivity contribution in [1.82, 2.24) is 10.2 Å². The fourth-order valence-electron chi connectivity index (χ4n) is 0.975. The molecule has 0 heterocycles. The Morgan fingerprint density at radius 1 is 1.40 bits per heavy atom. The smallest absolute Gasteiger partial charge is 0.236 e. The van der Waals surface area contributed by atoms with Crippen LogP contribution in [0.25, 0.3) is 0 Å². The molecule has 0 rings (SSSR count). The van der Waals surface area contributed by atoms with E-state index in [2.05, 4.69) is 5.32 Å². The molecule has 0 atom stereocenters. The van der Waals surface area contributed by atoms with E-state index in [1.165, 1.54) is 0 Å². The van der Waals surface area contributed by atoms with Crippen molar-refractivity contribution in [3.05, 3.63) is 0 Å². The molecule has 0 fully saturated rings. The second-order valence-electron chi connectivity index (χ2n) is 3.18. The minimum atomic E-state index is 0.0748. The van der Waals surface area contributed by atoms with Crippen LogP contribution in [0.1, 0.15) is 6.92 Å². The maximum Gasteiger partial charge on any atom is 0.236 e. The lowest BCUT2D eigenvalue weighted by Gasteiger charge is -2.17. The number of nitrogens with one attached hydrogen (secondary N) is 1. The topological polar surface area (TPSA) is 50.8 Å². The normalized spacial score (nSPS) is 10.3. The first-order valence-electron chi connectivity index (χ1n) is 5.23. The molecular formula is C10H22N2O3. The quantitative estimate of drug-likeness (QED) is 0.541. The number of nitrogens with zero attached hydrogens (tertiary/aromatic N) is 1. The van der Waals surface area contributed by atoms with E-state index < -0.39 is 0 Å². The third-order valence-corrected chi connectivity index (χ3v) is 1.96. The highest BCUT2D eigenvalue weighted by atomic mass is 16.5. The van der Waals surface area contributed by atoms with Crippen LogP contribution < -0.4 is 5.32 Å². The van der Waals surface area contributed by atoms with E-state index in [1.54, 1.807) is 19.1 Å². The summed E-state index contributed by atoms with van der Waals surface area (Å²) < 4.78 is 10.0. The molecule has 0 aromatic rings. The average Bonchev–Trinajstić information content (AvgIpc) is 2.24. The molecule has 5 heteroatoms. The van der Waals surface area contributed by atoms with Gasteiger partial charge >= 0.3 is 0 Å². The molecule has 0 aliphatic rings. The zero-order valence-electron chi connectivity index (χ0n) is 9.91. The van der Waals surface area contributed by atoms with Crippen LogP contribution in [-0.4, -0.2) is 64.4 Å². The molecule has 0 spiro atoms. The molecule has 0 radical (unpaired) electrons. The van der Waals surface area contributed by atoms with Crippen LogP contribution in [-0.2, 0) is 14.3 Å². The minimum Gasteiger partial charge on any atom is -0.383 e. The number of amides is 1. The SMILES string of the molecule is CCOCCN(C)C(=O)CNCCOC.